The number of hydrogen-bond acceptors (Lipinski definition) is 5. The van der Waals surface area contributed by atoms with Crippen LogP contribution < -0.4 is 5.32 Å². The van der Waals surface area contributed by atoms with Gasteiger partial charge in [0.25, 0.3) is 0 Å². The molecule has 0 saturated heterocycles. The second-order valence-electron chi connectivity index (χ2n) is 5.22. The number of rotatable bonds is 4. The van der Waals surface area contributed by atoms with Crippen LogP contribution in [0.4, 0.5) is 4.79 Å². The number of ether oxygens (including phenoxy) is 2. The molecule has 116 valence electrons. The summed E-state index contributed by atoms with van der Waals surface area (Å²) in [5, 5.41) is 2.66. The van der Waals surface area contributed by atoms with Crippen molar-refractivity contribution in [2.75, 3.05) is 7.11 Å². The van der Waals surface area contributed by atoms with Gasteiger partial charge in [-0.25, -0.2) is 14.6 Å². The number of methoxy groups -OCH3 is 1. The molecule has 0 bridgehead atoms. The first-order valence-corrected chi connectivity index (χ1v) is 7.17. The van der Waals surface area contributed by atoms with Crippen LogP contribution in [-0.2, 0) is 16.0 Å². The van der Waals surface area contributed by atoms with Gasteiger partial charge in [0, 0.05) is 0 Å². The van der Waals surface area contributed by atoms with Gasteiger partial charge in [0.1, 0.15) is 11.9 Å². The number of H-pyrrole nitrogens is 1. The molecule has 0 radical (unpaired) electrons. The average Bonchev–Trinajstić information content (AvgIpc) is 2.90. The first-order valence-electron chi connectivity index (χ1n) is 7.17. The van der Waals surface area contributed by atoms with Crippen molar-refractivity contribution in [1.82, 2.24) is 15.3 Å². The number of aromatic amines is 1. The zero-order valence-electron chi connectivity index (χ0n) is 12.2. The lowest BCUT2D eigenvalue weighted by Gasteiger charge is -2.24. The van der Waals surface area contributed by atoms with Crippen LogP contribution in [0.15, 0.2) is 18.2 Å². The number of aromatic nitrogens is 2. The second kappa shape index (κ2) is 6.05. The normalized spacial score (nSPS) is 14.4. The maximum atomic E-state index is 11.6. The van der Waals surface area contributed by atoms with Crippen LogP contribution >= 0.6 is 0 Å². The zero-order valence-corrected chi connectivity index (χ0v) is 12.2. The number of alkyl carbamates (subject to hydrolysis) is 1. The van der Waals surface area contributed by atoms with Gasteiger partial charge in [0.05, 0.1) is 30.3 Å². The van der Waals surface area contributed by atoms with E-state index in [4.69, 9.17) is 4.74 Å². The van der Waals surface area contributed by atoms with E-state index in [1.54, 1.807) is 18.2 Å². The summed E-state index contributed by atoms with van der Waals surface area (Å²) in [6, 6.07) is 5.05. The molecule has 1 aliphatic rings. The van der Waals surface area contributed by atoms with Crippen LogP contribution in [0.3, 0.4) is 0 Å². The highest BCUT2D eigenvalue weighted by Gasteiger charge is 2.21. The number of nitrogens with one attached hydrogen (secondary N) is 2. The second-order valence-corrected chi connectivity index (χ2v) is 5.22. The lowest BCUT2D eigenvalue weighted by Crippen LogP contribution is -2.32. The van der Waals surface area contributed by atoms with E-state index >= 15 is 0 Å². The van der Waals surface area contributed by atoms with E-state index < -0.39 is 12.1 Å². The molecule has 0 aliphatic heterocycles. The van der Waals surface area contributed by atoms with E-state index in [1.165, 1.54) is 7.11 Å². The summed E-state index contributed by atoms with van der Waals surface area (Å²) in [7, 11) is 1.34. The summed E-state index contributed by atoms with van der Waals surface area (Å²) in [5.41, 5.74) is 1.88. The Morgan fingerprint density at radius 1 is 1.41 bits per heavy atom. The average molecular weight is 303 g/mol. The number of fused-ring (bicyclic) bond motifs is 1. The fraction of sp³-hybridized carbons (Fsp3) is 0.400. The van der Waals surface area contributed by atoms with Gasteiger partial charge in [-0.1, -0.05) is 0 Å². The highest BCUT2D eigenvalue weighted by atomic mass is 16.6. The van der Waals surface area contributed by atoms with Crippen molar-refractivity contribution in [2.45, 2.75) is 31.9 Å². The largest absolute Gasteiger partial charge is 0.465 e. The molecule has 1 aliphatic carbocycles. The molecule has 0 spiro atoms. The topological polar surface area (TPSA) is 93.3 Å². The highest BCUT2D eigenvalue weighted by Crippen LogP contribution is 2.21. The molecule has 1 aromatic heterocycles. The minimum Gasteiger partial charge on any atom is -0.465 e. The van der Waals surface area contributed by atoms with Crippen molar-refractivity contribution in [2.24, 2.45) is 0 Å². The third kappa shape index (κ3) is 3.03. The minimum atomic E-state index is -0.430. The van der Waals surface area contributed by atoms with E-state index in [1.807, 2.05) is 0 Å². The van der Waals surface area contributed by atoms with Gasteiger partial charge in [-0.05, 0) is 37.5 Å². The molecule has 0 unspecified atom stereocenters. The number of amides is 1. The molecule has 22 heavy (non-hydrogen) atoms. The van der Waals surface area contributed by atoms with Gasteiger partial charge >= 0.3 is 12.1 Å². The van der Waals surface area contributed by atoms with E-state index in [0.717, 1.165) is 24.8 Å². The monoisotopic (exact) mass is 303 g/mol. The van der Waals surface area contributed by atoms with Crippen LogP contribution in [0, 0.1) is 0 Å². The van der Waals surface area contributed by atoms with E-state index in [0.29, 0.717) is 16.9 Å². The zero-order chi connectivity index (χ0) is 15.5. The molecule has 1 amide bonds. The Morgan fingerprint density at radius 3 is 2.91 bits per heavy atom. The highest BCUT2D eigenvalue weighted by molar-refractivity contribution is 5.93. The molecule has 7 nitrogen and oxygen atoms in total. The fourth-order valence-electron chi connectivity index (χ4n) is 2.23. The quantitative estimate of drug-likeness (QED) is 0.844. The Balaban J connectivity index is 1.64. The molecule has 3 rings (SSSR count). The van der Waals surface area contributed by atoms with Crippen molar-refractivity contribution in [3.05, 3.63) is 29.6 Å². The third-order valence-electron chi connectivity index (χ3n) is 3.68. The molecule has 1 heterocycles. The summed E-state index contributed by atoms with van der Waals surface area (Å²) in [6.07, 6.45) is 2.62. The number of benzene rings is 1. The lowest BCUT2D eigenvalue weighted by molar-refractivity contribution is 0.0520. The Morgan fingerprint density at radius 2 is 2.23 bits per heavy atom. The Kier molecular flexibility index (Phi) is 3.95. The number of carbonyl (C=O) groups is 2. The van der Waals surface area contributed by atoms with Crippen LogP contribution in [0.2, 0.25) is 0 Å². The Labute approximate surface area is 127 Å². The van der Waals surface area contributed by atoms with Crippen LogP contribution in [-0.4, -0.2) is 35.2 Å². The number of carbonyl (C=O) groups excluding carboxylic acids is 2. The summed E-state index contributed by atoms with van der Waals surface area (Å²) in [6.45, 7) is 0.244. The molecule has 7 heteroatoms. The third-order valence-corrected chi connectivity index (χ3v) is 3.68. The van der Waals surface area contributed by atoms with E-state index in [9.17, 15) is 9.59 Å². The first-order chi connectivity index (χ1) is 10.7. The van der Waals surface area contributed by atoms with Crippen molar-refractivity contribution in [3.8, 4) is 0 Å². The maximum Gasteiger partial charge on any atom is 0.407 e. The van der Waals surface area contributed by atoms with Crippen molar-refractivity contribution >= 4 is 23.1 Å². The lowest BCUT2D eigenvalue weighted by atomic mass is 9.96. The molecule has 2 N–H and O–H groups in total. The maximum absolute atomic E-state index is 11.6. The van der Waals surface area contributed by atoms with Gasteiger partial charge in [-0.2, -0.15) is 0 Å². The number of imidazole rings is 1. The summed E-state index contributed by atoms with van der Waals surface area (Å²) < 4.78 is 9.87. The first kappa shape index (κ1) is 14.4. The molecular formula is C15H17N3O4. The van der Waals surface area contributed by atoms with Gasteiger partial charge < -0.3 is 19.8 Å². The summed E-state index contributed by atoms with van der Waals surface area (Å²) in [4.78, 5) is 30.5. The van der Waals surface area contributed by atoms with E-state index in [-0.39, 0.29) is 12.6 Å². The summed E-state index contributed by atoms with van der Waals surface area (Å²) in [5.74, 6) is 0.197. The molecule has 1 fully saturated rings. The molecular weight excluding hydrogens is 286 g/mol. The molecule has 1 aromatic carbocycles. The Hall–Kier alpha value is -2.57. The molecule has 2 aromatic rings. The fourth-order valence-corrected chi connectivity index (χ4v) is 2.23. The summed E-state index contributed by atoms with van der Waals surface area (Å²) >= 11 is 0. The van der Waals surface area contributed by atoms with Crippen LogP contribution in [0.1, 0.15) is 35.4 Å². The van der Waals surface area contributed by atoms with Gasteiger partial charge in [0.2, 0.25) is 0 Å². The number of hydrogen-bond donors (Lipinski definition) is 2. The van der Waals surface area contributed by atoms with E-state index in [2.05, 4.69) is 20.0 Å². The standard InChI is InChI=1S/C15H17N3O4/c1-21-14(19)9-5-6-11-12(7-9)18-13(17-11)8-16-15(20)22-10-3-2-4-10/h5-7,10H,2-4,8H2,1H3,(H,16,20)(H,17,18). The Bertz CT molecular complexity index is 706. The van der Waals surface area contributed by atoms with Crippen LogP contribution in [0.5, 0.6) is 0 Å². The van der Waals surface area contributed by atoms with Crippen molar-refractivity contribution in [1.29, 1.82) is 0 Å². The van der Waals surface area contributed by atoms with Crippen LogP contribution in [0.25, 0.3) is 11.0 Å². The predicted molar refractivity (Wildman–Crippen MR) is 78.4 cm³/mol. The number of nitrogens with zero attached hydrogens (tertiary/aromatic N) is 1. The SMILES string of the molecule is COC(=O)c1ccc2nc(CNC(=O)OC3CCC3)[nH]c2c1. The molecule has 1 saturated carbocycles. The smallest absolute Gasteiger partial charge is 0.407 e. The minimum absolute atomic E-state index is 0.0540. The van der Waals surface area contributed by atoms with Gasteiger partial charge in [-0.3, -0.25) is 0 Å². The molecule has 0 atom stereocenters. The van der Waals surface area contributed by atoms with Gasteiger partial charge in [0.15, 0.2) is 0 Å². The predicted octanol–water partition coefficient (Wildman–Crippen LogP) is 2.13. The van der Waals surface area contributed by atoms with Crippen molar-refractivity contribution < 1.29 is 19.1 Å². The van der Waals surface area contributed by atoms with Gasteiger partial charge in [-0.15, -0.1) is 0 Å². The van der Waals surface area contributed by atoms with Crippen molar-refractivity contribution in [3.63, 3.8) is 0 Å². The number of esters is 1.